The van der Waals surface area contributed by atoms with Crippen LogP contribution in [0.5, 0.6) is 0 Å². The van der Waals surface area contributed by atoms with Crippen molar-refractivity contribution in [3.63, 3.8) is 0 Å². The zero-order valence-corrected chi connectivity index (χ0v) is 14.9. The SMILES string of the molecule is CCOC(=O)CCCNS(=O)(=O)c1cc(Br)sc1Br. The lowest BCUT2D eigenvalue weighted by Gasteiger charge is -2.05. The van der Waals surface area contributed by atoms with E-state index >= 15 is 0 Å². The number of carbonyl (C=O) groups excluding carboxylic acids is 1. The first kappa shape index (κ1) is 17.1. The first-order valence-electron chi connectivity index (χ1n) is 5.47. The standard InChI is InChI=1S/C10H13Br2NO4S2/c1-2-17-9(14)4-3-5-13-19(15,16)7-6-8(11)18-10(7)12/h6,13H,2-5H2,1H3. The first-order valence-corrected chi connectivity index (χ1v) is 9.35. The molecule has 0 bridgehead atoms. The molecular formula is C10H13Br2NO4S2. The smallest absolute Gasteiger partial charge is 0.305 e. The number of sulfonamides is 1. The molecule has 0 spiro atoms. The fourth-order valence-electron chi connectivity index (χ4n) is 1.26. The van der Waals surface area contributed by atoms with Gasteiger partial charge >= 0.3 is 5.97 Å². The van der Waals surface area contributed by atoms with Gasteiger partial charge in [-0.2, -0.15) is 0 Å². The maximum atomic E-state index is 12.0. The summed E-state index contributed by atoms with van der Waals surface area (Å²) in [5, 5.41) is 0. The molecule has 0 fully saturated rings. The largest absolute Gasteiger partial charge is 0.466 e. The van der Waals surface area contributed by atoms with Gasteiger partial charge in [0.2, 0.25) is 10.0 Å². The highest BCUT2D eigenvalue weighted by Crippen LogP contribution is 2.34. The van der Waals surface area contributed by atoms with Crippen molar-refractivity contribution in [1.82, 2.24) is 4.72 Å². The molecule has 0 radical (unpaired) electrons. The average molecular weight is 435 g/mol. The van der Waals surface area contributed by atoms with Crippen molar-refractivity contribution in [2.75, 3.05) is 13.2 Å². The third-order valence-electron chi connectivity index (χ3n) is 2.07. The predicted molar refractivity (Wildman–Crippen MR) is 80.8 cm³/mol. The minimum atomic E-state index is -3.55. The maximum Gasteiger partial charge on any atom is 0.305 e. The lowest BCUT2D eigenvalue weighted by atomic mass is 10.3. The van der Waals surface area contributed by atoms with Crippen molar-refractivity contribution in [3.8, 4) is 0 Å². The third-order valence-corrected chi connectivity index (χ3v) is 6.29. The Morgan fingerprint density at radius 3 is 2.68 bits per heavy atom. The molecule has 0 unspecified atom stereocenters. The molecule has 1 aromatic rings. The van der Waals surface area contributed by atoms with Crippen molar-refractivity contribution in [2.45, 2.75) is 24.7 Å². The minimum Gasteiger partial charge on any atom is -0.466 e. The Labute approximate surface area is 133 Å². The molecule has 5 nitrogen and oxygen atoms in total. The number of hydrogen-bond acceptors (Lipinski definition) is 5. The van der Waals surface area contributed by atoms with Crippen molar-refractivity contribution < 1.29 is 17.9 Å². The molecule has 0 aromatic carbocycles. The minimum absolute atomic E-state index is 0.195. The Morgan fingerprint density at radius 1 is 1.47 bits per heavy atom. The Hall–Kier alpha value is 0.0400. The molecule has 0 aliphatic carbocycles. The Kier molecular flexibility index (Phi) is 6.95. The number of halogens is 2. The van der Waals surface area contributed by atoms with E-state index < -0.39 is 10.0 Å². The summed E-state index contributed by atoms with van der Waals surface area (Å²) >= 11 is 7.72. The molecular weight excluding hydrogens is 422 g/mol. The zero-order chi connectivity index (χ0) is 14.5. The highest BCUT2D eigenvalue weighted by molar-refractivity contribution is 9.12. The van der Waals surface area contributed by atoms with E-state index in [-0.39, 0.29) is 23.8 Å². The number of ether oxygens (including phenoxy) is 1. The van der Waals surface area contributed by atoms with E-state index in [1.54, 1.807) is 6.92 Å². The van der Waals surface area contributed by atoms with Crippen molar-refractivity contribution in [3.05, 3.63) is 13.6 Å². The van der Waals surface area contributed by atoms with Crippen molar-refractivity contribution in [1.29, 1.82) is 0 Å². The van der Waals surface area contributed by atoms with Gasteiger partial charge in [0.15, 0.2) is 0 Å². The Morgan fingerprint density at radius 2 is 2.16 bits per heavy atom. The van der Waals surface area contributed by atoms with Gasteiger partial charge in [-0.3, -0.25) is 4.79 Å². The van der Waals surface area contributed by atoms with E-state index in [0.29, 0.717) is 16.8 Å². The number of hydrogen-bond donors (Lipinski definition) is 1. The fraction of sp³-hybridized carbons (Fsp3) is 0.500. The summed E-state index contributed by atoms with van der Waals surface area (Å²) < 4.78 is 32.4. The van der Waals surface area contributed by atoms with Gasteiger partial charge in [-0.05, 0) is 51.3 Å². The molecule has 0 atom stereocenters. The lowest BCUT2D eigenvalue weighted by Crippen LogP contribution is -2.25. The molecule has 0 saturated heterocycles. The number of rotatable bonds is 7. The molecule has 19 heavy (non-hydrogen) atoms. The fourth-order valence-corrected chi connectivity index (χ4v) is 6.14. The van der Waals surface area contributed by atoms with Gasteiger partial charge in [-0.15, -0.1) is 11.3 Å². The number of nitrogens with one attached hydrogen (secondary N) is 1. The van der Waals surface area contributed by atoms with Crippen LogP contribution in [-0.4, -0.2) is 27.5 Å². The summed E-state index contributed by atoms with van der Waals surface area (Å²) in [6, 6.07) is 1.53. The van der Waals surface area contributed by atoms with Crippen LogP contribution in [0.3, 0.4) is 0 Å². The molecule has 108 valence electrons. The number of carbonyl (C=O) groups is 1. The van der Waals surface area contributed by atoms with Gasteiger partial charge in [-0.25, -0.2) is 13.1 Å². The van der Waals surface area contributed by atoms with E-state index in [0.717, 1.165) is 3.79 Å². The molecule has 1 rings (SSSR count). The third kappa shape index (κ3) is 5.50. The van der Waals surface area contributed by atoms with E-state index in [4.69, 9.17) is 4.74 Å². The summed E-state index contributed by atoms with van der Waals surface area (Å²) in [6.45, 7) is 2.26. The van der Waals surface area contributed by atoms with Crippen molar-refractivity contribution in [2.24, 2.45) is 0 Å². The van der Waals surface area contributed by atoms with Gasteiger partial charge in [-0.1, -0.05) is 0 Å². The molecule has 1 heterocycles. The van der Waals surface area contributed by atoms with Crippen LogP contribution in [0.4, 0.5) is 0 Å². The summed E-state index contributed by atoms with van der Waals surface area (Å²) in [5.41, 5.74) is 0. The molecule has 0 amide bonds. The normalized spacial score (nSPS) is 11.5. The second-order valence-corrected chi connectivity index (χ2v) is 8.98. The lowest BCUT2D eigenvalue weighted by molar-refractivity contribution is -0.143. The first-order chi connectivity index (χ1) is 8.86. The molecule has 9 heteroatoms. The summed E-state index contributed by atoms with van der Waals surface area (Å²) in [6.07, 6.45) is 0.603. The van der Waals surface area contributed by atoms with Crippen molar-refractivity contribution >= 4 is 59.2 Å². The molecule has 0 saturated carbocycles. The quantitative estimate of drug-likeness (QED) is 0.528. The van der Waals surface area contributed by atoms with E-state index in [9.17, 15) is 13.2 Å². The average Bonchev–Trinajstić information content (AvgIpc) is 2.65. The summed E-state index contributed by atoms with van der Waals surface area (Å²) in [7, 11) is -3.55. The van der Waals surface area contributed by atoms with Gasteiger partial charge in [0, 0.05) is 13.0 Å². The van der Waals surface area contributed by atoms with E-state index in [2.05, 4.69) is 36.6 Å². The molecule has 1 N–H and O–H groups in total. The molecule has 1 aromatic heterocycles. The van der Waals surface area contributed by atoms with Gasteiger partial charge in [0.05, 0.1) is 14.2 Å². The van der Waals surface area contributed by atoms with Crippen LogP contribution < -0.4 is 4.72 Å². The van der Waals surface area contributed by atoms with E-state index in [1.165, 1.54) is 17.4 Å². The topological polar surface area (TPSA) is 72.5 Å². The second-order valence-electron chi connectivity index (χ2n) is 3.49. The monoisotopic (exact) mass is 433 g/mol. The molecule has 0 aliphatic rings. The highest BCUT2D eigenvalue weighted by Gasteiger charge is 2.19. The summed E-state index contributed by atoms with van der Waals surface area (Å²) in [4.78, 5) is 11.3. The van der Waals surface area contributed by atoms with Crippen LogP contribution in [0.25, 0.3) is 0 Å². The summed E-state index contributed by atoms with van der Waals surface area (Å²) in [5.74, 6) is -0.318. The van der Waals surface area contributed by atoms with Crippen LogP contribution >= 0.6 is 43.2 Å². The van der Waals surface area contributed by atoms with Crippen LogP contribution in [0.2, 0.25) is 0 Å². The van der Waals surface area contributed by atoms with Gasteiger partial charge in [0.1, 0.15) is 4.90 Å². The van der Waals surface area contributed by atoms with Crippen LogP contribution in [0.1, 0.15) is 19.8 Å². The Balaban J connectivity index is 2.48. The highest BCUT2D eigenvalue weighted by atomic mass is 79.9. The van der Waals surface area contributed by atoms with E-state index in [1.807, 2.05) is 0 Å². The Bertz CT molecular complexity index is 542. The second kappa shape index (κ2) is 7.72. The zero-order valence-electron chi connectivity index (χ0n) is 10.1. The van der Waals surface area contributed by atoms with Gasteiger partial charge in [0.25, 0.3) is 0 Å². The number of esters is 1. The maximum absolute atomic E-state index is 12.0. The van der Waals surface area contributed by atoms with Crippen LogP contribution in [0, 0.1) is 0 Å². The van der Waals surface area contributed by atoms with Gasteiger partial charge < -0.3 is 4.74 Å². The predicted octanol–water partition coefficient (Wildman–Crippen LogP) is 2.89. The van der Waals surface area contributed by atoms with Crippen LogP contribution in [0.15, 0.2) is 18.5 Å². The van der Waals surface area contributed by atoms with Crippen LogP contribution in [-0.2, 0) is 19.6 Å². The molecule has 0 aliphatic heterocycles. The number of thiophene rings is 1.